The van der Waals surface area contributed by atoms with Crippen LogP contribution in [0, 0.1) is 0 Å². The maximum atomic E-state index is 12.4. The fraction of sp³-hybridized carbons (Fsp3) is 0.375. The number of nitrogens with two attached hydrogens (primary N) is 1. The van der Waals surface area contributed by atoms with E-state index in [0.29, 0.717) is 12.1 Å². The van der Waals surface area contributed by atoms with Crippen LogP contribution in [-0.4, -0.2) is 27.8 Å². The highest BCUT2D eigenvalue weighted by atomic mass is 35.5. The van der Waals surface area contributed by atoms with Crippen LogP contribution in [0.5, 0.6) is 0 Å². The molecule has 0 bridgehead atoms. The monoisotopic (exact) mass is 320 g/mol. The Hall–Kier alpha value is -1.85. The summed E-state index contributed by atoms with van der Waals surface area (Å²) in [7, 11) is 0. The van der Waals surface area contributed by atoms with E-state index in [1.54, 1.807) is 10.9 Å². The summed E-state index contributed by atoms with van der Waals surface area (Å²) >= 11 is 0. The highest BCUT2D eigenvalue weighted by molar-refractivity contribution is 5.94. The van der Waals surface area contributed by atoms with Crippen molar-refractivity contribution in [3.8, 4) is 5.69 Å². The zero-order chi connectivity index (χ0) is 14.7. The fourth-order valence-electron chi connectivity index (χ4n) is 2.93. The molecule has 1 aliphatic rings. The summed E-state index contributed by atoms with van der Waals surface area (Å²) in [4.78, 5) is 12.4. The van der Waals surface area contributed by atoms with E-state index in [1.165, 1.54) is 0 Å². The fourth-order valence-corrected chi connectivity index (χ4v) is 2.93. The van der Waals surface area contributed by atoms with Gasteiger partial charge < -0.3 is 11.1 Å². The summed E-state index contributed by atoms with van der Waals surface area (Å²) in [5.41, 5.74) is 7.24. The Kier molecular flexibility index (Phi) is 5.21. The minimum atomic E-state index is -0.211. The van der Waals surface area contributed by atoms with Crippen LogP contribution >= 0.6 is 12.4 Å². The third-order valence-corrected chi connectivity index (χ3v) is 4.23. The van der Waals surface area contributed by atoms with Crippen LogP contribution in [0.2, 0.25) is 0 Å². The largest absolute Gasteiger partial charge is 0.345 e. The topological polar surface area (TPSA) is 72.9 Å². The number of benzene rings is 1. The van der Waals surface area contributed by atoms with Crippen LogP contribution in [0.15, 0.2) is 42.7 Å². The Balaban J connectivity index is 0.00000176. The lowest BCUT2D eigenvalue weighted by atomic mass is 9.97. The number of rotatable bonds is 4. The second kappa shape index (κ2) is 6.94. The standard InChI is InChI=1S/C16H20N4O.ClH/c17-12-16(8-1-2-9-16)19-15(21)13-4-6-14(7-5-13)20-11-3-10-18-20;/h3-7,10-11H,1-2,8-9,12,17H2,(H,19,21);1H. The van der Waals surface area contributed by atoms with Crippen molar-refractivity contribution in [3.63, 3.8) is 0 Å². The predicted octanol–water partition coefficient (Wildman–Crippen LogP) is 2.30. The average Bonchev–Trinajstić information content (AvgIpc) is 3.19. The van der Waals surface area contributed by atoms with E-state index in [-0.39, 0.29) is 23.9 Å². The number of nitrogens with zero attached hydrogens (tertiary/aromatic N) is 2. The third kappa shape index (κ3) is 3.31. The molecule has 1 saturated carbocycles. The Morgan fingerprint density at radius 2 is 1.95 bits per heavy atom. The van der Waals surface area contributed by atoms with Crippen molar-refractivity contribution >= 4 is 18.3 Å². The van der Waals surface area contributed by atoms with Crippen molar-refractivity contribution in [3.05, 3.63) is 48.3 Å². The van der Waals surface area contributed by atoms with E-state index in [1.807, 2.05) is 36.5 Å². The molecule has 22 heavy (non-hydrogen) atoms. The zero-order valence-electron chi connectivity index (χ0n) is 12.4. The molecule has 0 saturated heterocycles. The molecule has 0 spiro atoms. The van der Waals surface area contributed by atoms with Gasteiger partial charge in [-0.25, -0.2) is 4.68 Å². The van der Waals surface area contributed by atoms with Crippen molar-refractivity contribution in [2.45, 2.75) is 31.2 Å². The number of carbonyl (C=O) groups excluding carboxylic acids is 1. The van der Waals surface area contributed by atoms with Crippen LogP contribution in [0.1, 0.15) is 36.0 Å². The normalized spacial score (nSPS) is 16.0. The highest BCUT2D eigenvalue weighted by Gasteiger charge is 2.33. The Labute approximate surface area is 136 Å². The lowest BCUT2D eigenvalue weighted by Crippen LogP contribution is -2.51. The van der Waals surface area contributed by atoms with Crippen molar-refractivity contribution in [1.82, 2.24) is 15.1 Å². The second-order valence-corrected chi connectivity index (χ2v) is 5.64. The summed E-state index contributed by atoms with van der Waals surface area (Å²) in [6.07, 6.45) is 7.81. The van der Waals surface area contributed by atoms with Gasteiger partial charge in [0.1, 0.15) is 0 Å². The first-order valence-corrected chi connectivity index (χ1v) is 7.35. The van der Waals surface area contributed by atoms with Crippen LogP contribution in [0.4, 0.5) is 0 Å². The number of hydrogen-bond donors (Lipinski definition) is 2. The molecule has 3 rings (SSSR count). The molecule has 1 aromatic carbocycles. The molecule has 0 radical (unpaired) electrons. The quantitative estimate of drug-likeness (QED) is 0.908. The number of halogens is 1. The summed E-state index contributed by atoms with van der Waals surface area (Å²) in [5.74, 6) is -0.0469. The van der Waals surface area contributed by atoms with Gasteiger partial charge in [0, 0.05) is 24.5 Å². The highest BCUT2D eigenvalue weighted by Crippen LogP contribution is 2.29. The smallest absolute Gasteiger partial charge is 0.251 e. The van der Waals surface area contributed by atoms with Gasteiger partial charge in [0.2, 0.25) is 0 Å². The van der Waals surface area contributed by atoms with Crippen molar-refractivity contribution < 1.29 is 4.79 Å². The zero-order valence-corrected chi connectivity index (χ0v) is 13.2. The van der Waals surface area contributed by atoms with Gasteiger partial charge in [0.15, 0.2) is 0 Å². The minimum absolute atomic E-state index is 0. The van der Waals surface area contributed by atoms with Crippen LogP contribution in [0.3, 0.4) is 0 Å². The molecule has 1 aromatic heterocycles. The molecule has 1 amide bonds. The van der Waals surface area contributed by atoms with E-state index in [0.717, 1.165) is 31.4 Å². The van der Waals surface area contributed by atoms with Crippen molar-refractivity contribution in [2.75, 3.05) is 6.54 Å². The maximum Gasteiger partial charge on any atom is 0.251 e. The van der Waals surface area contributed by atoms with E-state index < -0.39 is 0 Å². The number of nitrogens with one attached hydrogen (secondary N) is 1. The molecular formula is C16H21ClN4O. The maximum absolute atomic E-state index is 12.4. The average molecular weight is 321 g/mol. The number of amides is 1. The van der Waals surface area contributed by atoms with Gasteiger partial charge in [-0.05, 0) is 43.2 Å². The van der Waals surface area contributed by atoms with Gasteiger partial charge in [-0.1, -0.05) is 12.8 Å². The Bertz CT molecular complexity index is 604. The second-order valence-electron chi connectivity index (χ2n) is 5.64. The molecule has 118 valence electrons. The number of carbonyl (C=O) groups is 1. The van der Waals surface area contributed by atoms with Crippen LogP contribution in [-0.2, 0) is 0 Å². The first-order valence-electron chi connectivity index (χ1n) is 7.35. The molecule has 2 aromatic rings. The molecule has 3 N–H and O–H groups in total. The molecule has 5 nitrogen and oxygen atoms in total. The van der Waals surface area contributed by atoms with Gasteiger partial charge in [0.05, 0.1) is 11.2 Å². The first kappa shape index (κ1) is 16.5. The van der Waals surface area contributed by atoms with Gasteiger partial charge in [-0.3, -0.25) is 4.79 Å². The van der Waals surface area contributed by atoms with Crippen molar-refractivity contribution in [1.29, 1.82) is 0 Å². The van der Waals surface area contributed by atoms with Gasteiger partial charge >= 0.3 is 0 Å². The van der Waals surface area contributed by atoms with E-state index in [4.69, 9.17) is 5.73 Å². The Morgan fingerprint density at radius 1 is 1.27 bits per heavy atom. The third-order valence-electron chi connectivity index (χ3n) is 4.23. The van der Waals surface area contributed by atoms with Gasteiger partial charge in [-0.2, -0.15) is 5.10 Å². The van der Waals surface area contributed by atoms with Crippen LogP contribution in [0.25, 0.3) is 5.69 Å². The molecule has 1 heterocycles. The lowest BCUT2D eigenvalue weighted by molar-refractivity contribution is 0.0903. The summed E-state index contributed by atoms with van der Waals surface area (Å²) in [6, 6.07) is 9.31. The minimum Gasteiger partial charge on any atom is -0.345 e. The number of hydrogen-bond acceptors (Lipinski definition) is 3. The lowest BCUT2D eigenvalue weighted by Gasteiger charge is -2.28. The summed E-state index contributed by atoms with van der Waals surface area (Å²) in [5, 5.41) is 7.29. The van der Waals surface area contributed by atoms with Gasteiger partial charge in [-0.15, -0.1) is 12.4 Å². The molecule has 0 aliphatic heterocycles. The SMILES string of the molecule is Cl.NCC1(NC(=O)c2ccc(-n3cccn3)cc2)CCCC1. The van der Waals surface area contributed by atoms with Gasteiger partial charge in [0.25, 0.3) is 5.91 Å². The molecule has 1 fully saturated rings. The molecule has 0 unspecified atom stereocenters. The van der Waals surface area contributed by atoms with Crippen molar-refractivity contribution in [2.24, 2.45) is 5.73 Å². The van der Waals surface area contributed by atoms with Crippen LogP contribution < -0.4 is 11.1 Å². The van der Waals surface area contributed by atoms with E-state index in [2.05, 4.69) is 10.4 Å². The molecule has 0 atom stereocenters. The molecule has 1 aliphatic carbocycles. The molecule has 6 heteroatoms. The van der Waals surface area contributed by atoms with E-state index in [9.17, 15) is 4.79 Å². The predicted molar refractivity (Wildman–Crippen MR) is 88.5 cm³/mol. The number of aromatic nitrogens is 2. The molecular weight excluding hydrogens is 300 g/mol. The first-order chi connectivity index (χ1) is 10.2. The Morgan fingerprint density at radius 3 is 2.50 bits per heavy atom. The summed E-state index contributed by atoms with van der Waals surface area (Å²) in [6.45, 7) is 0.504. The van der Waals surface area contributed by atoms with E-state index >= 15 is 0 Å². The summed E-state index contributed by atoms with van der Waals surface area (Å²) < 4.78 is 1.76.